The minimum absolute atomic E-state index is 0.0737. The van der Waals surface area contributed by atoms with Crippen LogP contribution in [0.3, 0.4) is 0 Å². The summed E-state index contributed by atoms with van der Waals surface area (Å²) in [5.74, 6) is -2.13. The van der Waals surface area contributed by atoms with Gasteiger partial charge in [-0.1, -0.05) is 72.6 Å². The number of ketones is 1. The number of hydrogen-bond acceptors (Lipinski definition) is 3. The average Bonchev–Trinajstić information content (AvgIpc) is 2.87. The lowest BCUT2D eigenvalue weighted by Crippen LogP contribution is -2.35. The van der Waals surface area contributed by atoms with Gasteiger partial charge in [0.05, 0.1) is 16.1 Å². The third kappa shape index (κ3) is 5.59. The fourth-order valence-corrected chi connectivity index (χ4v) is 7.09. The molecule has 0 fully saturated rings. The first kappa shape index (κ1) is 27.3. The molecule has 3 aromatic carbocycles. The first-order valence-electron chi connectivity index (χ1n) is 11.9. The van der Waals surface area contributed by atoms with Gasteiger partial charge in [0.1, 0.15) is 5.82 Å². The zero-order valence-electron chi connectivity index (χ0n) is 20.7. The van der Waals surface area contributed by atoms with Gasteiger partial charge in [0.25, 0.3) is 0 Å². The van der Waals surface area contributed by atoms with Gasteiger partial charge >= 0.3 is 0 Å². The van der Waals surface area contributed by atoms with Gasteiger partial charge in [0.15, 0.2) is 15.6 Å². The molecular weight excluding hydrogens is 530 g/mol. The van der Waals surface area contributed by atoms with Crippen LogP contribution < -0.4 is 0 Å². The minimum atomic E-state index is -4.00. The molecule has 1 aliphatic carbocycles. The van der Waals surface area contributed by atoms with Crippen molar-refractivity contribution < 1.29 is 17.6 Å². The summed E-state index contributed by atoms with van der Waals surface area (Å²) in [7, 11) is -4.00. The molecule has 1 unspecified atom stereocenters. The number of halogens is 3. The second kappa shape index (κ2) is 10.9. The van der Waals surface area contributed by atoms with E-state index >= 15 is 0 Å². The van der Waals surface area contributed by atoms with Crippen molar-refractivity contribution in [3.05, 3.63) is 123 Å². The van der Waals surface area contributed by atoms with Crippen molar-refractivity contribution in [3.8, 4) is 0 Å². The second-order valence-corrected chi connectivity index (χ2v) is 12.5. The normalized spacial score (nSPS) is 18.3. The predicted octanol–water partition coefficient (Wildman–Crippen LogP) is 7.87. The molecule has 0 amide bonds. The van der Waals surface area contributed by atoms with Gasteiger partial charge in [-0.05, 0) is 84.5 Å². The molecule has 0 heterocycles. The molecule has 0 saturated heterocycles. The molecule has 1 aliphatic rings. The van der Waals surface area contributed by atoms with Gasteiger partial charge in [-0.25, -0.2) is 12.8 Å². The van der Waals surface area contributed by atoms with Crippen molar-refractivity contribution in [3.63, 3.8) is 0 Å². The number of rotatable bonds is 7. The summed E-state index contributed by atoms with van der Waals surface area (Å²) in [5.41, 5.74) is 2.74. The SMILES string of the molecule is Cc1ccc(F)cc1S(=O)(=O)[C@H](C)C1=CC=CC(=O)C1[C@@H](c1ccc(Cl)cc1)[C@H](C)c1ccc(Cl)cc1. The molecule has 4 rings (SSSR count). The Bertz CT molecular complexity index is 1480. The van der Waals surface area contributed by atoms with Crippen molar-refractivity contribution in [1.82, 2.24) is 0 Å². The van der Waals surface area contributed by atoms with Gasteiger partial charge in [-0.3, -0.25) is 4.79 Å². The second-order valence-electron chi connectivity index (χ2n) is 9.42. The van der Waals surface area contributed by atoms with E-state index in [-0.39, 0.29) is 16.6 Å². The Morgan fingerprint density at radius 3 is 2.03 bits per heavy atom. The summed E-state index contributed by atoms with van der Waals surface area (Å²) < 4.78 is 41.6. The Hall–Kier alpha value is -2.73. The molecule has 0 saturated carbocycles. The van der Waals surface area contributed by atoms with Crippen LogP contribution in [0.4, 0.5) is 4.39 Å². The van der Waals surface area contributed by atoms with Crippen molar-refractivity contribution in [1.29, 1.82) is 0 Å². The third-order valence-electron chi connectivity index (χ3n) is 7.15. The highest BCUT2D eigenvalue weighted by Crippen LogP contribution is 2.45. The van der Waals surface area contributed by atoms with Crippen LogP contribution in [0.5, 0.6) is 0 Å². The van der Waals surface area contributed by atoms with E-state index in [9.17, 15) is 17.6 Å². The maximum atomic E-state index is 14.1. The number of carbonyl (C=O) groups is 1. The lowest BCUT2D eigenvalue weighted by molar-refractivity contribution is -0.118. The van der Waals surface area contributed by atoms with Crippen molar-refractivity contribution >= 4 is 38.8 Å². The summed E-state index contributed by atoms with van der Waals surface area (Å²) in [6.45, 7) is 5.22. The van der Waals surface area contributed by atoms with Gasteiger partial charge in [0, 0.05) is 16.0 Å². The van der Waals surface area contributed by atoms with Crippen LogP contribution >= 0.6 is 23.2 Å². The highest BCUT2D eigenvalue weighted by Gasteiger charge is 2.41. The van der Waals surface area contributed by atoms with E-state index in [0.717, 1.165) is 17.2 Å². The fraction of sp³-hybridized carbons (Fsp3) is 0.233. The molecule has 0 aliphatic heterocycles. The third-order valence-corrected chi connectivity index (χ3v) is 9.91. The van der Waals surface area contributed by atoms with Crippen molar-refractivity contribution in [2.45, 2.75) is 42.8 Å². The molecular formula is C30H27Cl2FO3S. The predicted molar refractivity (Wildman–Crippen MR) is 148 cm³/mol. The lowest BCUT2D eigenvalue weighted by atomic mass is 9.68. The van der Waals surface area contributed by atoms with Crippen LogP contribution in [0.1, 0.15) is 42.4 Å². The number of hydrogen-bond donors (Lipinski definition) is 0. The monoisotopic (exact) mass is 556 g/mol. The highest BCUT2D eigenvalue weighted by molar-refractivity contribution is 7.92. The highest BCUT2D eigenvalue weighted by atomic mass is 35.5. The van der Waals surface area contributed by atoms with E-state index in [1.165, 1.54) is 18.2 Å². The Morgan fingerprint density at radius 1 is 0.865 bits per heavy atom. The molecule has 3 aromatic rings. The molecule has 3 nitrogen and oxygen atoms in total. The Labute approximate surface area is 227 Å². The van der Waals surface area contributed by atoms with Crippen molar-refractivity contribution in [2.75, 3.05) is 0 Å². The lowest BCUT2D eigenvalue weighted by Gasteiger charge is -2.36. The van der Waals surface area contributed by atoms with Gasteiger partial charge in [-0.15, -0.1) is 0 Å². The molecule has 0 radical (unpaired) electrons. The van der Waals surface area contributed by atoms with E-state index < -0.39 is 32.7 Å². The standard InChI is InChI=1S/C30H27Cl2FO3S/c1-18-7-16-25(33)17-28(18)37(35,36)20(3)26-5-4-6-27(34)30(26)29(22-10-14-24(32)15-11-22)19(2)21-8-12-23(31)13-9-21/h4-17,19-20,29-30H,1-3H3/t19-,20-,29-,30?/m1/s1. The van der Waals surface area contributed by atoms with E-state index in [2.05, 4.69) is 0 Å². The number of benzene rings is 3. The Kier molecular flexibility index (Phi) is 8.08. The molecule has 37 heavy (non-hydrogen) atoms. The van der Waals surface area contributed by atoms with Crippen molar-refractivity contribution in [2.24, 2.45) is 5.92 Å². The first-order valence-corrected chi connectivity index (χ1v) is 14.2. The number of sulfone groups is 1. The van der Waals surface area contributed by atoms with Gasteiger partial charge < -0.3 is 0 Å². The minimum Gasteiger partial charge on any atom is -0.294 e. The van der Waals surface area contributed by atoms with Gasteiger partial charge in [-0.2, -0.15) is 0 Å². The largest absolute Gasteiger partial charge is 0.294 e. The summed E-state index contributed by atoms with van der Waals surface area (Å²) in [6.07, 6.45) is 4.78. The summed E-state index contributed by atoms with van der Waals surface area (Å²) >= 11 is 12.3. The van der Waals surface area contributed by atoms with E-state index in [1.807, 2.05) is 31.2 Å². The molecule has 4 atom stereocenters. The van der Waals surface area contributed by atoms with Crippen LogP contribution in [0, 0.1) is 18.7 Å². The van der Waals surface area contributed by atoms with Gasteiger partial charge in [0.2, 0.25) is 0 Å². The quantitative estimate of drug-likeness (QED) is 0.297. The molecule has 0 spiro atoms. The van der Waals surface area contributed by atoms with E-state index in [1.54, 1.807) is 50.3 Å². The Balaban J connectivity index is 1.85. The van der Waals surface area contributed by atoms with Crippen LogP contribution in [0.2, 0.25) is 10.0 Å². The Morgan fingerprint density at radius 2 is 1.43 bits per heavy atom. The van der Waals surface area contributed by atoms with E-state index in [0.29, 0.717) is 21.2 Å². The molecule has 0 bridgehead atoms. The molecule has 0 N–H and O–H groups in total. The summed E-state index contributed by atoms with van der Waals surface area (Å²) in [6, 6.07) is 18.4. The maximum absolute atomic E-state index is 14.1. The molecule has 192 valence electrons. The number of carbonyl (C=O) groups excluding carboxylic acids is 1. The number of aryl methyl sites for hydroxylation is 1. The number of allylic oxidation sites excluding steroid dienone is 3. The first-order chi connectivity index (χ1) is 17.5. The van der Waals surface area contributed by atoms with E-state index in [4.69, 9.17) is 23.2 Å². The van der Waals surface area contributed by atoms with Crippen LogP contribution in [-0.4, -0.2) is 19.5 Å². The summed E-state index contributed by atoms with van der Waals surface area (Å²) in [5, 5.41) is 0.102. The van der Waals surface area contributed by atoms with Crippen LogP contribution in [0.25, 0.3) is 0 Å². The maximum Gasteiger partial charge on any atom is 0.185 e. The summed E-state index contributed by atoms with van der Waals surface area (Å²) in [4.78, 5) is 13.5. The average molecular weight is 558 g/mol. The zero-order chi connectivity index (χ0) is 26.9. The molecule has 0 aromatic heterocycles. The molecule has 7 heteroatoms. The van der Waals surface area contributed by atoms with Crippen LogP contribution in [0.15, 0.2) is 95.4 Å². The smallest absolute Gasteiger partial charge is 0.185 e. The fourth-order valence-electron chi connectivity index (χ4n) is 5.08. The topological polar surface area (TPSA) is 51.2 Å². The van der Waals surface area contributed by atoms with Crippen LogP contribution in [-0.2, 0) is 14.6 Å². The zero-order valence-corrected chi connectivity index (χ0v) is 23.0.